The van der Waals surface area contributed by atoms with Crippen LogP contribution >= 0.6 is 0 Å². The number of nitrogens with zero attached hydrogens (tertiary/aromatic N) is 2. The molecule has 0 unspecified atom stereocenters. The topological polar surface area (TPSA) is 49.9 Å². The van der Waals surface area contributed by atoms with Gasteiger partial charge in [-0.2, -0.15) is 0 Å². The Morgan fingerprint density at radius 1 is 1.21 bits per heavy atom. The van der Waals surface area contributed by atoms with Crippen LogP contribution in [0.2, 0.25) is 0 Å². The number of benzene rings is 1. The number of hydrogen-bond acceptors (Lipinski definition) is 4. The molecule has 5 heteroatoms. The van der Waals surface area contributed by atoms with E-state index >= 15 is 0 Å². The second-order valence-electron chi connectivity index (χ2n) is 8.04. The van der Waals surface area contributed by atoms with Crippen molar-refractivity contribution in [2.45, 2.75) is 47.1 Å². The zero-order valence-electron chi connectivity index (χ0n) is 15.1. The molecule has 0 aliphatic carbocycles. The van der Waals surface area contributed by atoms with E-state index in [0.717, 1.165) is 11.3 Å². The highest BCUT2D eigenvalue weighted by atomic mass is 16.6. The molecule has 0 N–H and O–H groups in total. The normalized spacial score (nSPS) is 19.3. The molecule has 1 aromatic rings. The van der Waals surface area contributed by atoms with Crippen LogP contribution in [0.15, 0.2) is 30.0 Å². The largest absolute Gasteiger partial charge is 0.456 e. The van der Waals surface area contributed by atoms with Gasteiger partial charge in [0, 0.05) is 5.56 Å². The van der Waals surface area contributed by atoms with Crippen LogP contribution in [0.1, 0.15) is 47.1 Å². The highest BCUT2D eigenvalue weighted by molar-refractivity contribution is 6.20. The van der Waals surface area contributed by atoms with Crippen molar-refractivity contribution in [3.05, 3.63) is 35.5 Å². The quantitative estimate of drug-likeness (QED) is 0.742. The van der Waals surface area contributed by atoms with Gasteiger partial charge in [-0.25, -0.2) is 9.80 Å². The Hall–Kier alpha value is -2.30. The van der Waals surface area contributed by atoms with Crippen molar-refractivity contribution in [1.82, 2.24) is 5.01 Å². The fourth-order valence-corrected chi connectivity index (χ4v) is 3.23. The molecule has 1 fully saturated rings. The van der Waals surface area contributed by atoms with Gasteiger partial charge in [0.2, 0.25) is 0 Å². The highest BCUT2D eigenvalue weighted by Crippen LogP contribution is 2.44. The summed E-state index contributed by atoms with van der Waals surface area (Å²) in [5, 5.41) is 3.59. The van der Waals surface area contributed by atoms with E-state index in [1.807, 2.05) is 70.8 Å². The van der Waals surface area contributed by atoms with Crippen molar-refractivity contribution in [2.24, 2.45) is 5.41 Å². The Balaban J connectivity index is 2.17. The number of allylic oxidation sites excluding steroid dienone is 1. The summed E-state index contributed by atoms with van der Waals surface area (Å²) in [4.78, 5) is 25.6. The van der Waals surface area contributed by atoms with E-state index in [1.165, 1.54) is 0 Å². The lowest BCUT2D eigenvalue weighted by molar-refractivity contribution is -0.147. The van der Waals surface area contributed by atoms with Crippen molar-refractivity contribution in [1.29, 1.82) is 0 Å². The SMILES string of the molecule is CC1=C(C(=O)OC(C)(C)C)c2ccccc2N2CC(C)(C)C(=O)N12. The molecule has 0 atom stereocenters. The molecule has 5 nitrogen and oxygen atoms in total. The van der Waals surface area contributed by atoms with Crippen LogP contribution in [0.3, 0.4) is 0 Å². The number of para-hydroxylation sites is 1. The molecule has 0 spiro atoms. The number of ether oxygens (including phenoxy) is 1. The molecule has 1 aromatic carbocycles. The number of fused-ring (bicyclic) bond motifs is 3. The molecule has 2 aliphatic rings. The lowest BCUT2D eigenvalue weighted by atomic mass is 9.94. The third-order valence-corrected chi connectivity index (χ3v) is 4.29. The standard InChI is InChI=1S/C19H24N2O3/c1-12-15(16(22)24-18(2,3)4)13-9-7-8-10-14(13)20-11-19(5,6)17(23)21(12)20/h7-10H,11H2,1-6H3. The van der Waals surface area contributed by atoms with Gasteiger partial charge in [-0.3, -0.25) is 9.80 Å². The van der Waals surface area contributed by atoms with Gasteiger partial charge < -0.3 is 4.74 Å². The predicted molar refractivity (Wildman–Crippen MR) is 92.9 cm³/mol. The van der Waals surface area contributed by atoms with Crippen molar-refractivity contribution >= 4 is 23.1 Å². The van der Waals surface area contributed by atoms with E-state index in [0.29, 0.717) is 17.8 Å². The first-order valence-corrected chi connectivity index (χ1v) is 8.18. The molecule has 0 bridgehead atoms. The average molecular weight is 328 g/mol. The van der Waals surface area contributed by atoms with Crippen LogP contribution in [0.5, 0.6) is 0 Å². The number of rotatable bonds is 1. The minimum absolute atomic E-state index is 0.00411. The Morgan fingerprint density at radius 3 is 2.46 bits per heavy atom. The molecule has 24 heavy (non-hydrogen) atoms. The van der Waals surface area contributed by atoms with E-state index in [1.54, 1.807) is 5.01 Å². The maximum Gasteiger partial charge on any atom is 0.341 e. The molecular formula is C19H24N2O3. The molecule has 0 saturated carbocycles. The van der Waals surface area contributed by atoms with E-state index in [4.69, 9.17) is 4.74 Å². The van der Waals surface area contributed by atoms with Gasteiger partial charge in [0.05, 0.1) is 28.9 Å². The zero-order valence-corrected chi connectivity index (χ0v) is 15.1. The Bertz CT molecular complexity index is 756. The molecule has 1 saturated heterocycles. The second-order valence-corrected chi connectivity index (χ2v) is 8.04. The molecule has 128 valence electrons. The number of carbonyl (C=O) groups is 2. The smallest absolute Gasteiger partial charge is 0.341 e. The van der Waals surface area contributed by atoms with Crippen LogP contribution < -0.4 is 5.01 Å². The van der Waals surface area contributed by atoms with E-state index in [9.17, 15) is 9.59 Å². The summed E-state index contributed by atoms with van der Waals surface area (Å²) in [6.07, 6.45) is 0. The van der Waals surface area contributed by atoms with Crippen molar-refractivity contribution < 1.29 is 14.3 Å². The number of esters is 1. The fraction of sp³-hybridized carbons (Fsp3) is 0.474. The summed E-state index contributed by atoms with van der Waals surface area (Å²) >= 11 is 0. The summed E-state index contributed by atoms with van der Waals surface area (Å²) in [6, 6.07) is 7.66. The Morgan fingerprint density at radius 2 is 1.83 bits per heavy atom. The lowest BCUT2D eigenvalue weighted by Crippen LogP contribution is -2.42. The van der Waals surface area contributed by atoms with E-state index in [2.05, 4.69) is 0 Å². The monoisotopic (exact) mass is 328 g/mol. The van der Waals surface area contributed by atoms with E-state index < -0.39 is 17.0 Å². The number of amides is 1. The van der Waals surface area contributed by atoms with Crippen LogP contribution in [0.25, 0.3) is 5.57 Å². The summed E-state index contributed by atoms with van der Waals surface area (Å²) in [6.45, 7) is 11.8. The van der Waals surface area contributed by atoms with Crippen molar-refractivity contribution in [3.63, 3.8) is 0 Å². The zero-order chi connectivity index (χ0) is 17.9. The maximum atomic E-state index is 12.8. The summed E-state index contributed by atoms with van der Waals surface area (Å²) < 4.78 is 5.59. The van der Waals surface area contributed by atoms with Crippen molar-refractivity contribution in [3.8, 4) is 0 Å². The van der Waals surface area contributed by atoms with Gasteiger partial charge in [-0.1, -0.05) is 18.2 Å². The molecule has 0 radical (unpaired) electrons. The van der Waals surface area contributed by atoms with Crippen LogP contribution in [0, 0.1) is 5.41 Å². The Kier molecular flexibility index (Phi) is 3.52. The molecule has 0 aromatic heterocycles. The first kappa shape index (κ1) is 16.6. The molecule has 1 amide bonds. The summed E-state index contributed by atoms with van der Waals surface area (Å²) in [5.74, 6) is -0.403. The first-order chi connectivity index (χ1) is 11.0. The summed E-state index contributed by atoms with van der Waals surface area (Å²) in [5.41, 5.74) is 1.66. The minimum Gasteiger partial charge on any atom is -0.456 e. The van der Waals surface area contributed by atoms with Gasteiger partial charge in [0.25, 0.3) is 5.91 Å². The van der Waals surface area contributed by atoms with Gasteiger partial charge in [-0.05, 0) is 47.6 Å². The van der Waals surface area contributed by atoms with Crippen LogP contribution in [0.4, 0.5) is 5.69 Å². The second kappa shape index (κ2) is 5.10. The van der Waals surface area contributed by atoms with Gasteiger partial charge in [0.1, 0.15) is 5.60 Å². The number of hydrazine groups is 1. The molecule has 3 rings (SSSR count). The van der Waals surface area contributed by atoms with Crippen LogP contribution in [-0.2, 0) is 14.3 Å². The fourth-order valence-electron chi connectivity index (χ4n) is 3.23. The van der Waals surface area contributed by atoms with E-state index in [-0.39, 0.29) is 5.91 Å². The molecule has 2 heterocycles. The highest BCUT2D eigenvalue weighted by Gasteiger charge is 2.49. The Labute approximate surface area is 142 Å². The third-order valence-electron chi connectivity index (χ3n) is 4.29. The summed E-state index contributed by atoms with van der Waals surface area (Å²) in [7, 11) is 0. The number of anilines is 1. The van der Waals surface area contributed by atoms with Gasteiger partial charge in [-0.15, -0.1) is 0 Å². The average Bonchev–Trinajstić information content (AvgIpc) is 2.68. The number of hydrogen-bond donors (Lipinski definition) is 0. The minimum atomic E-state index is -0.593. The maximum absolute atomic E-state index is 12.8. The third kappa shape index (κ3) is 2.48. The lowest BCUT2D eigenvalue weighted by Gasteiger charge is -2.37. The number of carbonyl (C=O) groups excluding carboxylic acids is 2. The predicted octanol–water partition coefficient (Wildman–Crippen LogP) is 3.36. The molecular weight excluding hydrogens is 304 g/mol. The first-order valence-electron chi connectivity index (χ1n) is 8.18. The molecule has 2 aliphatic heterocycles. The van der Waals surface area contributed by atoms with Crippen molar-refractivity contribution in [2.75, 3.05) is 11.6 Å². The van der Waals surface area contributed by atoms with Gasteiger partial charge in [0.15, 0.2) is 0 Å². The van der Waals surface area contributed by atoms with Crippen LogP contribution in [-0.4, -0.2) is 29.0 Å². The van der Waals surface area contributed by atoms with Gasteiger partial charge >= 0.3 is 5.97 Å².